The Labute approximate surface area is 165 Å². The Morgan fingerprint density at radius 3 is 2.82 bits per heavy atom. The van der Waals surface area contributed by atoms with Crippen LogP contribution in [0.3, 0.4) is 0 Å². The summed E-state index contributed by atoms with van der Waals surface area (Å²) in [5.74, 6) is -3.24. The van der Waals surface area contributed by atoms with Gasteiger partial charge >= 0.3 is 0 Å². The van der Waals surface area contributed by atoms with Crippen LogP contribution >= 0.6 is 11.6 Å². The van der Waals surface area contributed by atoms with Crippen LogP contribution < -0.4 is 11.1 Å². The Bertz CT molecular complexity index is 977. The monoisotopic (exact) mass is 402 g/mol. The number of halogens is 3. The second kappa shape index (κ2) is 7.09. The van der Waals surface area contributed by atoms with Crippen molar-refractivity contribution in [1.82, 2.24) is 10.3 Å². The molecule has 8 heteroatoms. The van der Waals surface area contributed by atoms with Crippen molar-refractivity contribution in [3.05, 3.63) is 82.7 Å². The normalized spacial score (nSPS) is 25.0. The molecule has 1 aromatic carbocycles. The van der Waals surface area contributed by atoms with Crippen molar-refractivity contribution in [2.24, 2.45) is 10.7 Å². The fraction of sp³-hybridized carbons (Fsp3) is 0.200. The summed E-state index contributed by atoms with van der Waals surface area (Å²) in [6.45, 7) is 0.0143. The van der Waals surface area contributed by atoms with Crippen molar-refractivity contribution in [3.63, 3.8) is 0 Å². The standard InChI is InChI=1S/C20H17ClF2N4O/c21-17-9-15-16(10-25-17)26-12-27-20(15,24)14-7-4-8-19(22,23)18(14)28-11-13-5-2-1-3-6-13/h1-10,12,18H,11,24H2,(H,26,27). The molecule has 0 saturated heterocycles. The molecule has 2 heterocycles. The smallest absolute Gasteiger partial charge is 0.296 e. The number of hydrogen-bond donors (Lipinski definition) is 2. The zero-order valence-electron chi connectivity index (χ0n) is 14.6. The highest BCUT2D eigenvalue weighted by Gasteiger charge is 2.50. The van der Waals surface area contributed by atoms with Gasteiger partial charge in [0.25, 0.3) is 5.92 Å². The number of nitrogens with zero attached hydrogens (tertiary/aromatic N) is 2. The van der Waals surface area contributed by atoms with Gasteiger partial charge in [0.2, 0.25) is 0 Å². The average molecular weight is 403 g/mol. The van der Waals surface area contributed by atoms with Gasteiger partial charge in [0.1, 0.15) is 10.8 Å². The van der Waals surface area contributed by atoms with Crippen LogP contribution in [0, 0.1) is 0 Å². The number of nitrogens with two attached hydrogens (primary N) is 1. The zero-order valence-corrected chi connectivity index (χ0v) is 15.4. The van der Waals surface area contributed by atoms with Crippen LogP contribution in [0.2, 0.25) is 5.15 Å². The Kier molecular flexibility index (Phi) is 4.74. The molecular formula is C20H17ClF2N4O. The van der Waals surface area contributed by atoms with E-state index in [2.05, 4.69) is 15.3 Å². The third-order valence-corrected chi connectivity index (χ3v) is 4.92. The molecular weight excluding hydrogens is 386 g/mol. The van der Waals surface area contributed by atoms with Crippen LogP contribution in [0.5, 0.6) is 0 Å². The molecule has 3 N–H and O–H groups in total. The van der Waals surface area contributed by atoms with Gasteiger partial charge in [-0.05, 0) is 17.7 Å². The minimum absolute atomic E-state index is 0.0143. The number of fused-ring (bicyclic) bond motifs is 1. The van der Waals surface area contributed by atoms with E-state index in [9.17, 15) is 8.78 Å². The summed E-state index contributed by atoms with van der Waals surface area (Å²) in [7, 11) is 0. The Hall–Kier alpha value is -2.61. The van der Waals surface area contributed by atoms with Gasteiger partial charge in [-0.25, -0.2) is 9.98 Å². The second-order valence-corrected chi connectivity index (χ2v) is 6.95. The maximum Gasteiger partial charge on any atom is 0.296 e. The number of ether oxygens (including phenoxy) is 1. The van der Waals surface area contributed by atoms with Crippen LogP contribution in [-0.4, -0.2) is 23.3 Å². The average Bonchev–Trinajstić information content (AvgIpc) is 2.68. The Morgan fingerprint density at radius 2 is 2.04 bits per heavy atom. The lowest BCUT2D eigenvalue weighted by Crippen LogP contribution is -2.58. The molecule has 0 saturated carbocycles. The molecule has 0 spiro atoms. The van der Waals surface area contributed by atoms with Crippen LogP contribution in [-0.2, 0) is 17.0 Å². The van der Waals surface area contributed by atoms with Crippen molar-refractivity contribution in [1.29, 1.82) is 0 Å². The molecule has 1 aliphatic carbocycles. The van der Waals surface area contributed by atoms with E-state index in [0.717, 1.165) is 11.6 Å². The molecule has 0 bridgehead atoms. The van der Waals surface area contributed by atoms with E-state index >= 15 is 0 Å². The Balaban J connectivity index is 1.72. The lowest BCUT2D eigenvalue weighted by atomic mass is 9.82. The summed E-state index contributed by atoms with van der Waals surface area (Å²) in [4.78, 5) is 8.15. The first-order valence-electron chi connectivity index (χ1n) is 8.58. The molecule has 2 aliphatic rings. The van der Waals surface area contributed by atoms with E-state index in [1.54, 1.807) is 0 Å². The first-order chi connectivity index (χ1) is 13.4. The summed E-state index contributed by atoms with van der Waals surface area (Å²) >= 11 is 6.02. The van der Waals surface area contributed by atoms with E-state index in [1.165, 1.54) is 30.8 Å². The van der Waals surface area contributed by atoms with Gasteiger partial charge in [0.05, 0.1) is 24.8 Å². The molecule has 4 rings (SSSR count). The first kappa shape index (κ1) is 18.7. The predicted octanol–water partition coefficient (Wildman–Crippen LogP) is 3.83. The lowest BCUT2D eigenvalue weighted by Gasteiger charge is -2.41. The molecule has 5 nitrogen and oxygen atoms in total. The molecule has 1 aromatic heterocycles. The van der Waals surface area contributed by atoms with E-state index in [0.29, 0.717) is 11.3 Å². The van der Waals surface area contributed by atoms with Gasteiger partial charge < -0.3 is 15.8 Å². The van der Waals surface area contributed by atoms with Crippen LogP contribution in [0.25, 0.3) is 0 Å². The lowest BCUT2D eigenvalue weighted by molar-refractivity contribution is -0.100. The fourth-order valence-corrected chi connectivity index (χ4v) is 3.47. The molecule has 1 aliphatic heterocycles. The van der Waals surface area contributed by atoms with Crippen LogP contribution in [0.4, 0.5) is 14.5 Å². The highest BCUT2D eigenvalue weighted by atomic mass is 35.5. The van der Waals surface area contributed by atoms with Crippen molar-refractivity contribution in [3.8, 4) is 0 Å². The zero-order chi connectivity index (χ0) is 19.8. The third kappa shape index (κ3) is 3.32. The number of rotatable bonds is 4. The molecule has 0 fully saturated rings. The summed E-state index contributed by atoms with van der Waals surface area (Å²) in [5.41, 5.74) is 6.97. The van der Waals surface area contributed by atoms with Crippen molar-refractivity contribution in [2.75, 3.05) is 0 Å². The molecule has 2 aromatic rings. The Morgan fingerprint density at radius 1 is 1.25 bits per heavy atom. The van der Waals surface area contributed by atoms with Gasteiger partial charge in [-0.3, -0.25) is 0 Å². The minimum Gasteiger partial charge on any atom is -0.362 e. The van der Waals surface area contributed by atoms with Crippen molar-refractivity contribution in [2.45, 2.75) is 24.3 Å². The number of pyridine rings is 1. The topological polar surface area (TPSA) is 72.5 Å². The summed E-state index contributed by atoms with van der Waals surface area (Å²) < 4.78 is 35.3. The van der Waals surface area contributed by atoms with E-state index in [-0.39, 0.29) is 17.3 Å². The van der Waals surface area contributed by atoms with E-state index in [4.69, 9.17) is 22.1 Å². The summed E-state index contributed by atoms with van der Waals surface area (Å²) in [6, 6.07) is 10.6. The molecule has 144 valence electrons. The van der Waals surface area contributed by atoms with Gasteiger partial charge in [-0.1, -0.05) is 54.1 Å². The van der Waals surface area contributed by atoms with Crippen LogP contribution in [0.15, 0.2) is 71.4 Å². The summed E-state index contributed by atoms with van der Waals surface area (Å²) in [6.07, 6.45) is 4.88. The largest absolute Gasteiger partial charge is 0.362 e. The number of aromatic nitrogens is 1. The molecule has 2 atom stereocenters. The highest BCUT2D eigenvalue weighted by Crippen LogP contribution is 2.42. The van der Waals surface area contributed by atoms with Gasteiger partial charge in [0, 0.05) is 11.1 Å². The first-order valence-corrected chi connectivity index (χ1v) is 8.96. The van der Waals surface area contributed by atoms with E-state index < -0.39 is 17.7 Å². The van der Waals surface area contributed by atoms with Crippen LogP contribution in [0.1, 0.15) is 11.1 Å². The molecule has 0 radical (unpaired) electrons. The van der Waals surface area contributed by atoms with Crippen molar-refractivity contribution < 1.29 is 13.5 Å². The minimum atomic E-state index is -3.24. The van der Waals surface area contributed by atoms with E-state index in [1.807, 2.05) is 30.3 Å². The SMILES string of the molecule is NC1(C2=CC=CC(F)(F)C2OCc2ccccc2)NC=Nc2cnc(Cl)cc21. The predicted molar refractivity (Wildman–Crippen MR) is 104 cm³/mol. The molecule has 2 unspecified atom stereocenters. The second-order valence-electron chi connectivity index (χ2n) is 6.57. The number of alkyl halides is 2. The molecule has 28 heavy (non-hydrogen) atoms. The number of benzene rings is 1. The van der Waals surface area contributed by atoms with Gasteiger partial charge in [-0.15, -0.1) is 0 Å². The van der Waals surface area contributed by atoms with Gasteiger partial charge in [-0.2, -0.15) is 8.78 Å². The number of nitrogens with one attached hydrogen (secondary N) is 1. The van der Waals surface area contributed by atoms with Crippen molar-refractivity contribution >= 4 is 23.6 Å². The third-order valence-electron chi connectivity index (χ3n) is 4.71. The molecule has 0 amide bonds. The number of aliphatic imine (C=N–C) groups is 1. The summed E-state index contributed by atoms with van der Waals surface area (Å²) in [5, 5.41) is 3.09. The fourth-order valence-electron chi connectivity index (χ4n) is 3.32. The quantitative estimate of drug-likeness (QED) is 0.762. The number of hydrogen-bond acceptors (Lipinski definition) is 5. The highest BCUT2D eigenvalue weighted by molar-refractivity contribution is 6.29. The van der Waals surface area contributed by atoms with Gasteiger partial charge in [0.15, 0.2) is 6.10 Å². The number of allylic oxidation sites excluding steroid dienone is 2. The maximum atomic E-state index is 14.8. The maximum absolute atomic E-state index is 14.8.